The molecule has 0 radical (unpaired) electrons. The first-order chi connectivity index (χ1) is 14.2. The van der Waals surface area contributed by atoms with E-state index < -0.39 is 35.5 Å². The van der Waals surface area contributed by atoms with Gasteiger partial charge in [0.05, 0.1) is 11.1 Å². The fourth-order valence-electron chi connectivity index (χ4n) is 2.90. The van der Waals surface area contributed by atoms with Crippen LogP contribution >= 0.6 is 0 Å². The zero-order valence-electron chi connectivity index (χ0n) is 16.9. The van der Waals surface area contributed by atoms with Gasteiger partial charge in [0, 0.05) is 6.42 Å². The van der Waals surface area contributed by atoms with Gasteiger partial charge in [0.25, 0.3) is 11.8 Å². The summed E-state index contributed by atoms with van der Waals surface area (Å²) in [6.07, 6.45) is -0.732. The summed E-state index contributed by atoms with van der Waals surface area (Å²) in [5, 5.41) is 2.88. The van der Waals surface area contributed by atoms with E-state index in [-0.39, 0.29) is 17.5 Å². The number of nitrogens with zero attached hydrogens (tertiary/aromatic N) is 1. The van der Waals surface area contributed by atoms with E-state index >= 15 is 0 Å². The maximum Gasteiger partial charge on any atom is 0.408 e. The number of ether oxygens (including phenoxy) is 1. The van der Waals surface area contributed by atoms with Crippen molar-refractivity contribution in [2.75, 3.05) is 0 Å². The van der Waals surface area contributed by atoms with Gasteiger partial charge in [-0.3, -0.25) is 9.59 Å². The van der Waals surface area contributed by atoms with Gasteiger partial charge in [-0.1, -0.05) is 47.5 Å². The van der Waals surface area contributed by atoms with Crippen molar-refractivity contribution in [3.8, 4) is 0 Å². The molecule has 1 heterocycles. The van der Waals surface area contributed by atoms with E-state index in [4.69, 9.17) is 9.57 Å². The molecule has 2 aromatic rings. The van der Waals surface area contributed by atoms with Crippen molar-refractivity contribution in [2.24, 2.45) is 0 Å². The Labute approximate surface area is 173 Å². The van der Waals surface area contributed by atoms with Crippen molar-refractivity contribution in [3.05, 3.63) is 71.3 Å². The Kier molecular flexibility index (Phi) is 5.86. The summed E-state index contributed by atoms with van der Waals surface area (Å²) in [5.41, 5.74) is 0.274. The number of hydroxylamine groups is 2. The van der Waals surface area contributed by atoms with E-state index in [1.165, 1.54) is 12.1 Å². The largest absolute Gasteiger partial charge is 0.444 e. The zero-order valence-corrected chi connectivity index (χ0v) is 16.9. The molecule has 0 spiro atoms. The molecular formula is C22H22N2O6. The number of fused-ring (bicyclic) bond motifs is 1. The predicted molar refractivity (Wildman–Crippen MR) is 106 cm³/mol. The molecule has 0 saturated carbocycles. The number of benzene rings is 2. The average molecular weight is 410 g/mol. The fraction of sp³-hybridized carbons (Fsp3) is 0.273. The lowest BCUT2D eigenvalue weighted by Crippen LogP contribution is -2.48. The van der Waals surface area contributed by atoms with Crippen molar-refractivity contribution in [3.63, 3.8) is 0 Å². The topological polar surface area (TPSA) is 102 Å². The van der Waals surface area contributed by atoms with Crippen LogP contribution in [-0.2, 0) is 20.8 Å². The van der Waals surface area contributed by atoms with Crippen molar-refractivity contribution in [1.29, 1.82) is 0 Å². The van der Waals surface area contributed by atoms with Crippen molar-refractivity contribution < 1.29 is 28.8 Å². The molecule has 1 aliphatic rings. The molecule has 1 atom stereocenters. The van der Waals surface area contributed by atoms with Crippen LogP contribution in [0, 0.1) is 0 Å². The molecule has 1 aliphatic heterocycles. The maximum atomic E-state index is 12.8. The smallest absolute Gasteiger partial charge is 0.408 e. The fourth-order valence-corrected chi connectivity index (χ4v) is 2.90. The summed E-state index contributed by atoms with van der Waals surface area (Å²) in [6, 6.07) is 13.9. The molecule has 3 rings (SSSR count). The van der Waals surface area contributed by atoms with Gasteiger partial charge in [-0.25, -0.2) is 9.59 Å². The molecule has 0 fully saturated rings. The van der Waals surface area contributed by atoms with Gasteiger partial charge in [0.2, 0.25) is 0 Å². The van der Waals surface area contributed by atoms with E-state index in [9.17, 15) is 19.2 Å². The number of hydrogen-bond acceptors (Lipinski definition) is 6. The van der Waals surface area contributed by atoms with Crippen LogP contribution in [0.3, 0.4) is 0 Å². The van der Waals surface area contributed by atoms with Gasteiger partial charge in [0.1, 0.15) is 11.6 Å². The number of carbonyl (C=O) groups excluding carboxylic acids is 4. The molecular weight excluding hydrogens is 388 g/mol. The van der Waals surface area contributed by atoms with E-state index in [1.54, 1.807) is 57.2 Å². The Bertz CT molecular complexity index is 946. The van der Waals surface area contributed by atoms with Gasteiger partial charge in [-0.05, 0) is 38.5 Å². The van der Waals surface area contributed by atoms with Crippen LogP contribution in [0.2, 0.25) is 0 Å². The average Bonchev–Trinajstić information content (AvgIpc) is 2.92. The lowest BCUT2D eigenvalue weighted by atomic mass is 10.1. The number of imide groups is 1. The molecule has 0 aromatic heterocycles. The normalized spacial score (nSPS) is 14.2. The second-order valence-electron chi connectivity index (χ2n) is 7.75. The predicted octanol–water partition coefficient (Wildman–Crippen LogP) is 2.88. The summed E-state index contributed by atoms with van der Waals surface area (Å²) < 4.78 is 5.21. The Balaban J connectivity index is 1.77. The molecule has 0 unspecified atom stereocenters. The first-order valence-electron chi connectivity index (χ1n) is 9.39. The maximum absolute atomic E-state index is 12.8. The molecule has 8 nitrogen and oxygen atoms in total. The highest BCUT2D eigenvalue weighted by atomic mass is 16.7. The Morgan fingerprint density at radius 1 is 0.933 bits per heavy atom. The summed E-state index contributed by atoms with van der Waals surface area (Å²) in [4.78, 5) is 55.0. The van der Waals surface area contributed by atoms with Crippen LogP contribution in [0.5, 0.6) is 0 Å². The number of amides is 3. The highest BCUT2D eigenvalue weighted by molar-refractivity contribution is 6.20. The Hall–Kier alpha value is -3.68. The van der Waals surface area contributed by atoms with Gasteiger partial charge in [-0.15, -0.1) is 0 Å². The molecule has 156 valence electrons. The Morgan fingerprint density at radius 2 is 1.47 bits per heavy atom. The minimum Gasteiger partial charge on any atom is -0.444 e. The highest BCUT2D eigenvalue weighted by Crippen LogP contribution is 2.23. The van der Waals surface area contributed by atoms with Crippen molar-refractivity contribution >= 4 is 23.9 Å². The first kappa shape index (κ1) is 21.0. The van der Waals surface area contributed by atoms with E-state index in [0.29, 0.717) is 5.06 Å². The molecule has 0 saturated heterocycles. The number of carbonyl (C=O) groups is 4. The van der Waals surface area contributed by atoms with Crippen molar-refractivity contribution in [2.45, 2.75) is 38.8 Å². The highest BCUT2D eigenvalue weighted by Gasteiger charge is 2.40. The van der Waals surface area contributed by atoms with Crippen LogP contribution in [0.15, 0.2) is 54.6 Å². The second-order valence-corrected chi connectivity index (χ2v) is 7.75. The molecule has 8 heteroatoms. The van der Waals surface area contributed by atoms with Gasteiger partial charge < -0.3 is 14.9 Å². The van der Waals surface area contributed by atoms with E-state index in [2.05, 4.69) is 5.32 Å². The third-order valence-electron chi connectivity index (χ3n) is 4.20. The summed E-state index contributed by atoms with van der Waals surface area (Å²) in [6.45, 7) is 5.07. The molecule has 3 amide bonds. The van der Waals surface area contributed by atoms with Crippen LogP contribution in [0.1, 0.15) is 47.1 Å². The summed E-state index contributed by atoms with van der Waals surface area (Å²) in [5.74, 6) is -2.43. The number of nitrogens with one attached hydrogen (secondary N) is 1. The molecule has 0 aliphatic carbocycles. The minimum absolute atomic E-state index is 0.0854. The van der Waals surface area contributed by atoms with Crippen LogP contribution < -0.4 is 5.32 Å². The molecule has 30 heavy (non-hydrogen) atoms. The zero-order chi connectivity index (χ0) is 21.9. The quantitative estimate of drug-likeness (QED) is 0.761. The summed E-state index contributed by atoms with van der Waals surface area (Å²) in [7, 11) is 0. The lowest BCUT2D eigenvalue weighted by Gasteiger charge is -2.23. The lowest BCUT2D eigenvalue weighted by molar-refractivity contribution is -0.171. The summed E-state index contributed by atoms with van der Waals surface area (Å²) >= 11 is 0. The first-order valence-corrected chi connectivity index (χ1v) is 9.39. The van der Waals surface area contributed by atoms with Gasteiger partial charge in [0.15, 0.2) is 0 Å². The minimum atomic E-state index is -1.17. The third kappa shape index (κ3) is 4.83. The third-order valence-corrected chi connectivity index (χ3v) is 4.20. The number of rotatable bonds is 5. The monoisotopic (exact) mass is 410 g/mol. The molecule has 0 bridgehead atoms. The van der Waals surface area contributed by atoms with Crippen LogP contribution in [0.4, 0.5) is 4.79 Å². The number of hydrogen-bond donors (Lipinski definition) is 1. The number of alkyl carbamates (subject to hydrolysis) is 1. The van der Waals surface area contributed by atoms with Crippen LogP contribution in [-0.4, -0.2) is 40.6 Å². The van der Waals surface area contributed by atoms with E-state index in [0.717, 1.165) is 5.56 Å². The second kappa shape index (κ2) is 8.36. The van der Waals surface area contributed by atoms with Crippen LogP contribution in [0.25, 0.3) is 0 Å². The Morgan fingerprint density at radius 3 is 2.00 bits per heavy atom. The van der Waals surface area contributed by atoms with E-state index in [1.807, 2.05) is 6.07 Å². The van der Waals surface area contributed by atoms with Gasteiger partial charge in [-0.2, -0.15) is 0 Å². The standard InChI is InChI=1S/C22H22N2O6/c1-22(2,3)29-21(28)23-17(13-14-9-5-4-6-10-14)20(27)30-24-18(25)15-11-7-8-12-16(15)19(24)26/h4-12,17H,13H2,1-3H3,(H,23,28)/t17-/m1/s1. The molecule has 1 N–H and O–H groups in total. The SMILES string of the molecule is CC(C)(C)OC(=O)N[C@H](Cc1ccccc1)C(=O)ON1C(=O)c2ccccc2C1=O. The van der Waals surface area contributed by atoms with Crippen molar-refractivity contribution in [1.82, 2.24) is 10.4 Å². The van der Waals surface area contributed by atoms with Gasteiger partial charge >= 0.3 is 12.1 Å². The molecule has 2 aromatic carbocycles.